The first-order chi connectivity index (χ1) is 60.7. The number of carbonyl (C=O) groups is 7. The second-order valence-corrected chi connectivity index (χ2v) is 35.2. The first-order valence-electron chi connectivity index (χ1n) is 46.1. The van der Waals surface area contributed by atoms with Crippen LogP contribution >= 0.6 is 0 Å². The van der Waals surface area contributed by atoms with Crippen LogP contribution in [-0.2, 0) is 56.8 Å². The Labute approximate surface area is 733 Å². The number of likely N-dealkylation sites (tertiary alicyclic amines) is 4. The molecule has 125 heavy (non-hydrogen) atoms. The Morgan fingerprint density at radius 2 is 0.936 bits per heavy atom. The topological polar surface area (TPSA) is 324 Å². The van der Waals surface area contributed by atoms with Crippen LogP contribution in [0.25, 0.3) is 43.6 Å². The number of ether oxygens (including phenoxy) is 3. The molecule has 8 aromatic rings. The molecule has 31 heteroatoms. The standard InChI is InChI=1S/C50H72N10O7.C44H61N9O5/c1-5-7-11-19-51-49(64)66-34-59-33-40-30-37(29-36(3)45(40)54-59)31-43(47(62)57-27-25-56(26-28-57)41-17-21-55(4)22-18-41)53-48(63)58-23-15-38(16-24-58)42-32-39-13-9-10-14-44(39)60(46(42)61)35-67-50(65)52-20-12-8-6-2;1-4-5-6-9-16-45-44(57)58-30-53-40-31(2)25-32(26-35(40)29-46-53)27-39(42(55)51-23-21-50(22-24-51)36-14-17-49(3)18-15-36)48-43(56)52-19-12-33(13-20-52)37-28-34-10-7-8-11-38(34)47-41(37)54/h9-10,13-14,29-30,32-33,38,41,43H,5-8,11-12,15-28,31,34-35H2,1-4H3,(H,51,64)(H,52,65)(H,53,63);7-8,10-11,25-26,28-29,33,36,39H,4-6,9,12-24,27,30H2,1-3H3,(H,45,57)(H,47,54)(H,48,56)/t43-;39-/m11/s1. The van der Waals surface area contributed by atoms with E-state index in [1.54, 1.807) is 25.4 Å². The number of aromatic nitrogens is 6. The van der Waals surface area contributed by atoms with E-state index in [2.05, 4.69) is 96.2 Å². The lowest BCUT2D eigenvalue weighted by Crippen LogP contribution is -2.59. The van der Waals surface area contributed by atoms with E-state index in [1.807, 2.05) is 115 Å². The molecule has 6 saturated heterocycles. The lowest BCUT2D eigenvalue weighted by molar-refractivity contribution is -0.136. The van der Waals surface area contributed by atoms with Crippen LogP contribution in [-0.4, -0.2) is 273 Å². The molecule has 0 radical (unpaired) electrons. The molecule has 4 aromatic heterocycles. The SMILES string of the molecule is CCCCCCNC(=O)OCn1ncc2cc(C[C@@H](NC(=O)N3CCC(c4cc5ccccc5[nH]c4=O)CC3)C(=O)N3CCN(C4CCN(C)CC4)CC3)cc(C)c21.CCCCCNC(=O)OCn1cc2cc(C[C@@H](NC(=O)N3CCC(c4cc5ccccc5n(COC(=O)NCCCCC)c4=O)CC3)C(=O)N3CCN(C4CCN(C)CC4)CC3)cc(C)c2n1. The van der Waals surface area contributed by atoms with Gasteiger partial charge in [-0.1, -0.05) is 114 Å². The number of aromatic amines is 1. The lowest BCUT2D eigenvalue weighted by Gasteiger charge is -2.43. The van der Waals surface area contributed by atoms with Crippen molar-refractivity contribution in [3.8, 4) is 0 Å². The summed E-state index contributed by atoms with van der Waals surface area (Å²) in [6, 6.07) is 26.2. The van der Waals surface area contributed by atoms with Crippen molar-refractivity contribution in [3.05, 3.63) is 151 Å². The maximum atomic E-state index is 14.6. The van der Waals surface area contributed by atoms with Crippen molar-refractivity contribution < 1.29 is 47.8 Å². The highest BCUT2D eigenvalue weighted by atomic mass is 16.6. The number of aryl methyl sites for hydroxylation is 2. The predicted octanol–water partition coefficient (Wildman–Crippen LogP) is 11.3. The van der Waals surface area contributed by atoms with E-state index in [0.717, 1.165) is 208 Å². The van der Waals surface area contributed by atoms with Gasteiger partial charge < -0.3 is 75.2 Å². The highest BCUT2D eigenvalue weighted by Gasteiger charge is 2.38. The number of urea groups is 2. The Morgan fingerprint density at radius 3 is 1.48 bits per heavy atom. The van der Waals surface area contributed by atoms with Gasteiger partial charge in [-0.3, -0.25) is 33.5 Å². The molecule has 0 aliphatic carbocycles. The van der Waals surface area contributed by atoms with E-state index in [-0.39, 0.29) is 73.4 Å². The number of H-pyrrole nitrogens is 1. The minimum absolute atomic E-state index is 0.0167. The highest BCUT2D eigenvalue weighted by Crippen LogP contribution is 2.32. The first kappa shape index (κ1) is 92.0. The smallest absolute Gasteiger partial charge is 0.408 e. The summed E-state index contributed by atoms with van der Waals surface area (Å²) < 4.78 is 21.2. The van der Waals surface area contributed by atoms with Crippen LogP contribution in [0.1, 0.15) is 182 Å². The van der Waals surface area contributed by atoms with Gasteiger partial charge in [-0.2, -0.15) is 10.2 Å². The fourth-order valence-electron chi connectivity index (χ4n) is 18.9. The number of hydrogen-bond acceptors (Lipinski definition) is 18. The number of nitrogens with zero attached hydrogens (tertiary/aromatic N) is 13. The third kappa shape index (κ3) is 24.7. The summed E-state index contributed by atoms with van der Waals surface area (Å²) in [6.07, 6.45) is 19.8. The van der Waals surface area contributed by atoms with Crippen LogP contribution in [0.3, 0.4) is 0 Å². The Hall–Kier alpha value is -10.6. The van der Waals surface area contributed by atoms with Crippen molar-refractivity contribution in [2.24, 2.45) is 0 Å². The van der Waals surface area contributed by atoms with Crippen LogP contribution in [0.5, 0.6) is 0 Å². The van der Waals surface area contributed by atoms with Crippen molar-refractivity contribution in [1.29, 1.82) is 0 Å². The Bertz CT molecular complexity index is 5080. The minimum Gasteiger partial charge on any atom is -0.428 e. The molecule has 9 amide bonds. The number of unbranched alkanes of at least 4 members (excludes halogenated alkanes) is 7. The quantitative estimate of drug-likeness (QED) is 0.0174. The molecule has 0 spiro atoms. The van der Waals surface area contributed by atoms with Gasteiger partial charge in [-0.05, 0) is 206 Å². The zero-order valence-corrected chi connectivity index (χ0v) is 74.6. The van der Waals surface area contributed by atoms with Crippen LogP contribution in [0.2, 0.25) is 0 Å². The number of benzene rings is 4. The fraction of sp³-hybridized carbons (Fsp3) is 0.585. The normalized spacial score (nSPS) is 17.6. The first-order valence-corrected chi connectivity index (χ1v) is 46.1. The molecular weight excluding hydrogens is 1590 g/mol. The maximum Gasteiger partial charge on any atom is 0.408 e. The third-order valence-corrected chi connectivity index (χ3v) is 26.2. The van der Waals surface area contributed by atoms with Crippen molar-refractivity contribution in [2.75, 3.05) is 138 Å². The molecule has 0 unspecified atom stereocenters. The molecule has 0 bridgehead atoms. The largest absolute Gasteiger partial charge is 0.428 e. The fourth-order valence-corrected chi connectivity index (χ4v) is 18.9. The number of nitrogens with one attached hydrogen (secondary N) is 6. The van der Waals surface area contributed by atoms with Crippen LogP contribution in [0.15, 0.2) is 107 Å². The number of fused-ring (bicyclic) bond motifs is 4. The van der Waals surface area contributed by atoms with Crippen LogP contribution in [0.4, 0.5) is 24.0 Å². The molecular formula is C94H133N19O12. The number of alkyl carbamates (subject to hydrolysis) is 3. The van der Waals surface area contributed by atoms with Crippen molar-refractivity contribution in [1.82, 2.24) is 94.9 Å². The number of carbonyl (C=O) groups excluding carboxylic acids is 7. The number of amides is 9. The molecule has 6 N–H and O–H groups in total. The second-order valence-electron chi connectivity index (χ2n) is 35.2. The molecule has 4 aromatic carbocycles. The zero-order valence-electron chi connectivity index (χ0n) is 74.6. The molecule has 676 valence electrons. The van der Waals surface area contributed by atoms with Crippen LogP contribution in [0, 0.1) is 13.8 Å². The summed E-state index contributed by atoms with van der Waals surface area (Å²) in [5.41, 5.74) is 7.85. The van der Waals surface area contributed by atoms with Gasteiger partial charge in [-0.15, -0.1) is 0 Å². The number of rotatable bonds is 31. The molecule has 6 aliphatic heterocycles. The Kier molecular flexibility index (Phi) is 33.1. The van der Waals surface area contributed by atoms with Gasteiger partial charge >= 0.3 is 30.3 Å². The summed E-state index contributed by atoms with van der Waals surface area (Å²) in [5.74, 6) is -0.250. The number of para-hydroxylation sites is 2. The molecule has 31 nitrogen and oxygen atoms in total. The van der Waals surface area contributed by atoms with Gasteiger partial charge in [0, 0.05) is 157 Å². The molecule has 0 saturated carbocycles. The second kappa shape index (κ2) is 45.0. The van der Waals surface area contributed by atoms with Crippen LogP contribution < -0.4 is 37.7 Å². The average Bonchev–Trinajstić information content (AvgIpc) is 1.80. The van der Waals surface area contributed by atoms with Gasteiger partial charge in [0.2, 0.25) is 11.8 Å². The number of pyridine rings is 2. The monoisotopic (exact) mass is 1720 g/mol. The minimum atomic E-state index is -0.816. The summed E-state index contributed by atoms with van der Waals surface area (Å²) >= 11 is 0. The average molecular weight is 1720 g/mol. The predicted molar refractivity (Wildman–Crippen MR) is 485 cm³/mol. The Morgan fingerprint density at radius 1 is 0.472 bits per heavy atom. The van der Waals surface area contributed by atoms with E-state index >= 15 is 0 Å². The van der Waals surface area contributed by atoms with Gasteiger partial charge in [0.25, 0.3) is 11.1 Å². The summed E-state index contributed by atoms with van der Waals surface area (Å²) in [5, 5.41) is 27.5. The van der Waals surface area contributed by atoms with Crippen molar-refractivity contribution in [2.45, 2.75) is 219 Å². The molecule has 6 aliphatic rings. The van der Waals surface area contributed by atoms with Crippen molar-refractivity contribution >= 4 is 85.8 Å². The van der Waals surface area contributed by atoms with Gasteiger partial charge in [-0.25, -0.2) is 33.3 Å². The van der Waals surface area contributed by atoms with E-state index in [4.69, 9.17) is 14.2 Å². The summed E-state index contributed by atoms with van der Waals surface area (Å²) in [6.45, 7) is 23.5. The maximum absolute atomic E-state index is 14.6. The summed E-state index contributed by atoms with van der Waals surface area (Å²) in [7, 11) is 4.34. The molecule has 2 atom stereocenters. The third-order valence-electron chi connectivity index (χ3n) is 26.2. The lowest BCUT2D eigenvalue weighted by atomic mass is 9.89. The van der Waals surface area contributed by atoms with E-state index in [0.29, 0.717) is 127 Å². The number of hydrogen-bond donors (Lipinski definition) is 6. The van der Waals surface area contributed by atoms with Gasteiger partial charge in [0.05, 0.1) is 22.7 Å². The van der Waals surface area contributed by atoms with Gasteiger partial charge in [0.15, 0.2) is 20.2 Å². The summed E-state index contributed by atoms with van der Waals surface area (Å²) in [4.78, 5) is 142. The number of piperidine rings is 4. The molecule has 14 rings (SSSR count). The van der Waals surface area contributed by atoms with Gasteiger partial charge in [0.1, 0.15) is 12.1 Å². The zero-order chi connectivity index (χ0) is 87.9. The van der Waals surface area contributed by atoms with E-state index < -0.39 is 30.4 Å². The molecule has 6 fully saturated rings. The van der Waals surface area contributed by atoms with Crippen molar-refractivity contribution in [3.63, 3.8) is 0 Å². The van der Waals surface area contributed by atoms with E-state index in [1.165, 1.54) is 4.57 Å². The highest BCUT2D eigenvalue weighted by molar-refractivity contribution is 5.90. The van der Waals surface area contributed by atoms with E-state index in [9.17, 15) is 43.2 Å². The molecule has 10 heterocycles. The Balaban J connectivity index is 0.000000217. The number of piperazine rings is 2.